The summed E-state index contributed by atoms with van der Waals surface area (Å²) in [6.45, 7) is 2.49. The molecule has 2 heterocycles. The minimum atomic E-state index is -0.193. The third-order valence-corrected chi connectivity index (χ3v) is 8.51. The number of quaternary nitrogens is 1. The van der Waals surface area contributed by atoms with Gasteiger partial charge in [-0.1, -0.05) is 60.7 Å². The Morgan fingerprint density at radius 3 is 2.28 bits per heavy atom. The van der Waals surface area contributed by atoms with Crippen LogP contribution in [0.15, 0.2) is 77.6 Å². The van der Waals surface area contributed by atoms with Crippen LogP contribution < -0.4 is 4.90 Å². The third kappa shape index (κ3) is 3.35. The fraction of sp³-hybridized carbons (Fsp3) is 0.467. The van der Waals surface area contributed by atoms with Gasteiger partial charge in [0.1, 0.15) is 5.76 Å². The molecule has 4 aliphatic rings. The number of likely N-dealkylation sites (tertiary alicyclic amines) is 1. The number of hydrogen-bond acceptors (Lipinski definition) is 1. The molecule has 2 aliphatic heterocycles. The largest absolute Gasteiger partial charge is 0.441 e. The van der Waals surface area contributed by atoms with Crippen LogP contribution in [0.4, 0.5) is 0 Å². The summed E-state index contributed by atoms with van der Waals surface area (Å²) in [5.41, 5.74) is 5.82. The first-order valence-corrected chi connectivity index (χ1v) is 12.9. The molecule has 0 bridgehead atoms. The number of allylic oxidation sites excluding steroid dienone is 2. The Kier molecular flexibility index (Phi) is 5.43. The van der Waals surface area contributed by atoms with Crippen molar-refractivity contribution in [3.05, 3.63) is 88.7 Å². The summed E-state index contributed by atoms with van der Waals surface area (Å²) in [7, 11) is 0. The Balaban J connectivity index is 1.55. The topological polar surface area (TPSA) is 13.7 Å². The Hall–Kier alpha value is -2.32. The molecule has 2 aliphatic carbocycles. The molecule has 0 spiro atoms. The molecule has 166 valence electrons. The van der Waals surface area contributed by atoms with Crippen molar-refractivity contribution in [2.75, 3.05) is 13.1 Å². The lowest BCUT2D eigenvalue weighted by atomic mass is 9.63. The second kappa shape index (κ2) is 8.56. The predicted octanol–water partition coefficient (Wildman–Crippen LogP) is 5.89. The van der Waals surface area contributed by atoms with Gasteiger partial charge < -0.3 is 4.74 Å². The van der Waals surface area contributed by atoms with E-state index in [1.165, 1.54) is 81.3 Å². The monoisotopic (exact) mass is 426 g/mol. The molecule has 2 heteroatoms. The maximum Gasteiger partial charge on any atom is 0.267 e. The SMILES string of the molecule is C(=C1/CCC[C@H]2[C@H](c3ccccc3)C3=C(CCCC3)O[C@]12[NH+]1CCCC1)/c1ccccc1. The summed E-state index contributed by atoms with van der Waals surface area (Å²) >= 11 is 0. The zero-order valence-electron chi connectivity index (χ0n) is 19.2. The molecule has 1 saturated heterocycles. The highest BCUT2D eigenvalue weighted by Crippen LogP contribution is 2.55. The van der Waals surface area contributed by atoms with Crippen LogP contribution in [0.5, 0.6) is 0 Å². The van der Waals surface area contributed by atoms with Crippen LogP contribution in [0.3, 0.4) is 0 Å². The van der Waals surface area contributed by atoms with Gasteiger partial charge in [-0.2, -0.15) is 0 Å². The Bertz CT molecular complexity index is 1000. The average molecular weight is 427 g/mol. The first-order valence-electron chi connectivity index (χ1n) is 12.9. The van der Waals surface area contributed by atoms with Crippen molar-refractivity contribution in [2.45, 2.75) is 69.4 Å². The summed E-state index contributed by atoms with van der Waals surface area (Å²) in [5, 5.41) is 0. The molecule has 32 heavy (non-hydrogen) atoms. The second-order valence-electron chi connectivity index (χ2n) is 10.3. The number of fused-ring (bicyclic) bond motifs is 1. The average Bonchev–Trinajstić information content (AvgIpc) is 3.40. The molecule has 2 nitrogen and oxygen atoms in total. The molecule has 2 aromatic rings. The molecule has 1 N–H and O–H groups in total. The molecule has 2 fully saturated rings. The number of rotatable bonds is 3. The quantitative estimate of drug-likeness (QED) is 0.646. The van der Waals surface area contributed by atoms with E-state index in [2.05, 4.69) is 66.7 Å². The van der Waals surface area contributed by atoms with Crippen molar-refractivity contribution in [1.29, 1.82) is 0 Å². The van der Waals surface area contributed by atoms with Crippen molar-refractivity contribution >= 4 is 6.08 Å². The van der Waals surface area contributed by atoms with Crippen molar-refractivity contribution < 1.29 is 9.64 Å². The highest BCUT2D eigenvalue weighted by atomic mass is 16.5. The van der Waals surface area contributed by atoms with Crippen molar-refractivity contribution in [3.8, 4) is 0 Å². The van der Waals surface area contributed by atoms with Crippen LogP contribution in [0, 0.1) is 5.92 Å². The van der Waals surface area contributed by atoms with E-state index >= 15 is 0 Å². The molecule has 2 aromatic carbocycles. The number of hydrogen-bond donors (Lipinski definition) is 1. The smallest absolute Gasteiger partial charge is 0.267 e. The van der Waals surface area contributed by atoms with E-state index in [1.807, 2.05) is 0 Å². The zero-order chi connectivity index (χ0) is 21.4. The zero-order valence-corrected chi connectivity index (χ0v) is 19.2. The van der Waals surface area contributed by atoms with E-state index in [1.54, 1.807) is 16.0 Å². The van der Waals surface area contributed by atoms with Gasteiger partial charge in [0.15, 0.2) is 0 Å². The Labute approximate surface area is 193 Å². The summed E-state index contributed by atoms with van der Waals surface area (Å²) < 4.78 is 7.38. The van der Waals surface area contributed by atoms with Gasteiger partial charge in [-0.25, -0.2) is 0 Å². The Morgan fingerprint density at radius 1 is 0.781 bits per heavy atom. The summed E-state index contributed by atoms with van der Waals surface area (Å²) in [5.74, 6) is 2.38. The van der Waals surface area contributed by atoms with Crippen molar-refractivity contribution in [1.82, 2.24) is 0 Å². The molecule has 3 atom stereocenters. The number of benzene rings is 2. The van der Waals surface area contributed by atoms with E-state index in [0.29, 0.717) is 11.8 Å². The molecular formula is C30H36NO+. The van der Waals surface area contributed by atoms with Gasteiger partial charge in [0.25, 0.3) is 5.72 Å². The van der Waals surface area contributed by atoms with E-state index in [4.69, 9.17) is 4.74 Å². The molecule has 0 aromatic heterocycles. The van der Waals surface area contributed by atoms with E-state index in [0.717, 1.165) is 6.42 Å². The van der Waals surface area contributed by atoms with Gasteiger partial charge in [0.2, 0.25) is 0 Å². The highest BCUT2D eigenvalue weighted by Gasteiger charge is 2.61. The van der Waals surface area contributed by atoms with E-state index < -0.39 is 0 Å². The molecule has 1 saturated carbocycles. The molecular weight excluding hydrogens is 390 g/mol. The van der Waals surface area contributed by atoms with Crippen LogP contribution in [-0.2, 0) is 4.74 Å². The van der Waals surface area contributed by atoms with Gasteiger partial charge in [0, 0.05) is 30.8 Å². The number of nitrogens with one attached hydrogen (secondary N) is 1. The fourth-order valence-corrected chi connectivity index (χ4v) is 7.22. The summed E-state index contributed by atoms with van der Waals surface area (Å²) in [6.07, 6.45) is 13.8. The van der Waals surface area contributed by atoms with Gasteiger partial charge in [0.05, 0.1) is 19.0 Å². The molecule has 0 radical (unpaired) electrons. The molecule has 0 amide bonds. The predicted molar refractivity (Wildman–Crippen MR) is 130 cm³/mol. The van der Waals surface area contributed by atoms with Gasteiger partial charge in [-0.15, -0.1) is 0 Å². The standard InChI is InChI=1S/C30H35NO/c1-3-12-23(13-4-1)22-25-16-11-18-27-29(24-14-5-2-6-15-24)26-17-7-8-19-28(26)32-30(25,27)31-20-9-10-21-31/h1-6,12-15,22,27,29H,7-11,16-21H2/p+1/b25-22+/t27-,29+,30+/m0/s1. The maximum atomic E-state index is 7.38. The summed E-state index contributed by atoms with van der Waals surface area (Å²) in [6, 6.07) is 22.4. The van der Waals surface area contributed by atoms with E-state index in [-0.39, 0.29) is 5.72 Å². The van der Waals surface area contributed by atoms with Gasteiger partial charge in [-0.05, 0) is 61.3 Å². The first-order chi connectivity index (χ1) is 15.9. The lowest BCUT2D eigenvalue weighted by Gasteiger charge is -2.54. The van der Waals surface area contributed by atoms with Crippen molar-refractivity contribution in [3.63, 3.8) is 0 Å². The number of ether oxygens (including phenoxy) is 1. The molecule has 0 unspecified atom stereocenters. The lowest BCUT2D eigenvalue weighted by molar-refractivity contribution is -0.967. The van der Waals surface area contributed by atoms with Crippen LogP contribution in [0.1, 0.15) is 74.8 Å². The van der Waals surface area contributed by atoms with Gasteiger partial charge >= 0.3 is 0 Å². The van der Waals surface area contributed by atoms with Crippen LogP contribution in [0.25, 0.3) is 6.08 Å². The minimum absolute atomic E-state index is 0.193. The minimum Gasteiger partial charge on any atom is -0.441 e. The first kappa shape index (κ1) is 20.3. The second-order valence-corrected chi connectivity index (χ2v) is 10.3. The maximum absolute atomic E-state index is 7.38. The van der Waals surface area contributed by atoms with Crippen LogP contribution in [0.2, 0.25) is 0 Å². The van der Waals surface area contributed by atoms with Crippen LogP contribution in [-0.4, -0.2) is 18.8 Å². The fourth-order valence-electron chi connectivity index (χ4n) is 7.22. The van der Waals surface area contributed by atoms with Crippen molar-refractivity contribution in [2.24, 2.45) is 5.92 Å². The van der Waals surface area contributed by atoms with Crippen LogP contribution >= 0.6 is 0 Å². The summed E-state index contributed by atoms with van der Waals surface area (Å²) in [4.78, 5) is 1.70. The van der Waals surface area contributed by atoms with Gasteiger partial charge in [-0.3, -0.25) is 4.90 Å². The third-order valence-electron chi connectivity index (χ3n) is 8.51. The van der Waals surface area contributed by atoms with E-state index in [9.17, 15) is 0 Å². The lowest BCUT2D eigenvalue weighted by Crippen LogP contribution is -3.20. The normalized spacial score (nSPS) is 31.8. The molecule has 6 rings (SSSR count). The Morgan fingerprint density at radius 2 is 1.50 bits per heavy atom. The highest BCUT2D eigenvalue weighted by molar-refractivity contribution is 5.56.